The predicted octanol–water partition coefficient (Wildman–Crippen LogP) is 2.06. The number of anilines is 1. The van der Waals surface area contributed by atoms with E-state index in [1.54, 1.807) is 6.20 Å². The summed E-state index contributed by atoms with van der Waals surface area (Å²) >= 11 is 1.43. The van der Waals surface area contributed by atoms with Crippen LogP contribution in [0.4, 0.5) is 5.13 Å². The SMILES string of the molecule is Cc1nccc(C2CCCN(CC(=O)Nc3nccs3)C2)n1. The first-order valence-corrected chi connectivity index (χ1v) is 8.30. The van der Waals surface area contributed by atoms with E-state index >= 15 is 0 Å². The summed E-state index contributed by atoms with van der Waals surface area (Å²) in [4.78, 5) is 27.0. The zero-order valence-electron chi connectivity index (χ0n) is 12.5. The van der Waals surface area contributed by atoms with Crippen LogP contribution in [-0.2, 0) is 4.79 Å². The van der Waals surface area contributed by atoms with Crippen molar-refractivity contribution in [3.63, 3.8) is 0 Å². The third-order valence-electron chi connectivity index (χ3n) is 3.77. The molecule has 0 aromatic carbocycles. The van der Waals surface area contributed by atoms with Crippen LogP contribution in [-0.4, -0.2) is 45.4 Å². The standard InChI is InChI=1S/C15H19N5OS/c1-11-16-5-4-13(18-11)12-3-2-7-20(9-12)10-14(21)19-15-17-6-8-22-15/h4-6,8,12H,2-3,7,9-10H2,1H3,(H,17,19,21). The second-order valence-corrected chi connectivity index (χ2v) is 6.38. The molecule has 1 fully saturated rings. The van der Waals surface area contributed by atoms with Crippen LogP contribution in [0.15, 0.2) is 23.8 Å². The summed E-state index contributed by atoms with van der Waals surface area (Å²) in [5.74, 6) is 1.17. The number of amides is 1. The number of hydrogen-bond donors (Lipinski definition) is 1. The number of nitrogens with one attached hydrogen (secondary N) is 1. The Bertz CT molecular complexity index is 631. The van der Waals surface area contributed by atoms with E-state index in [1.165, 1.54) is 11.3 Å². The van der Waals surface area contributed by atoms with Crippen molar-refractivity contribution >= 4 is 22.4 Å². The largest absolute Gasteiger partial charge is 0.301 e. The van der Waals surface area contributed by atoms with Crippen LogP contribution < -0.4 is 5.32 Å². The van der Waals surface area contributed by atoms with E-state index < -0.39 is 0 Å². The maximum absolute atomic E-state index is 12.1. The lowest BCUT2D eigenvalue weighted by Gasteiger charge is -2.31. The summed E-state index contributed by atoms with van der Waals surface area (Å²) < 4.78 is 0. The number of hydrogen-bond acceptors (Lipinski definition) is 6. The van der Waals surface area contributed by atoms with Crippen LogP contribution in [0.25, 0.3) is 0 Å². The highest BCUT2D eigenvalue weighted by molar-refractivity contribution is 7.13. The van der Waals surface area contributed by atoms with E-state index in [0.717, 1.165) is 37.4 Å². The number of piperidine rings is 1. The van der Waals surface area contributed by atoms with Crippen molar-refractivity contribution in [2.24, 2.45) is 0 Å². The fraction of sp³-hybridized carbons (Fsp3) is 0.467. The Kier molecular flexibility index (Phi) is 4.74. The maximum Gasteiger partial charge on any atom is 0.240 e. The molecule has 1 aliphatic heterocycles. The highest BCUT2D eigenvalue weighted by atomic mass is 32.1. The molecular weight excluding hydrogens is 298 g/mol. The topological polar surface area (TPSA) is 71.0 Å². The molecule has 1 aliphatic rings. The summed E-state index contributed by atoms with van der Waals surface area (Å²) in [5, 5.41) is 5.34. The highest BCUT2D eigenvalue weighted by Gasteiger charge is 2.24. The number of carbonyl (C=O) groups excluding carboxylic acids is 1. The quantitative estimate of drug-likeness (QED) is 0.934. The lowest BCUT2D eigenvalue weighted by molar-refractivity contribution is -0.117. The first-order valence-electron chi connectivity index (χ1n) is 7.42. The molecule has 0 bridgehead atoms. The minimum Gasteiger partial charge on any atom is -0.301 e. The molecule has 0 spiro atoms. The monoisotopic (exact) mass is 317 g/mol. The summed E-state index contributed by atoms with van der Waals surface area (Å²) in [6.07, 6.45) is 5.69. The third-order valence-corrected chi connectivity index (χ3v) is 4.46. The van der Waals surface area contributed by atoms with Gasteiger partial charge in [-0.1, -0.05) is 0 Å². The number of aryl methyl sites for hydroxylation is 1. The Morgan fingerprint density at radius 3 is 3.14 bits per heavy atom. The molecule has 7 heteroatoms. The van der Waals surface area contributed by atoms with Gasteiger partial charge in [0.05, 0.1) is 6.54 Å². The molecule has 116 valence electrons. The van der Waals surface area contributed by atoms with Crippen molar-refractivity contribution in [1.29, 1.82) is 0 Å². The third kappa shape index (κ3) is 3.86. The van der Waals surface area contributed by atoms with Crippen LogP contribution in [0, 0.1) is 6.92 Å². The van der Waals surface area contributed by atoms with Gasteiger partial charge < -0.3 is 5.32 Å². The van der Waals surface area contributed by atoms with Gasteiger partial charge in [-0.2, -0.15) is 0 Å². The van der Waals surface area contributed by atoms with Crippen LogP contribution in [0.5, 0.6) is 0 Å². The molecule has 1 atom stereocenters. The molecule has 1 saturated heterocycles. The fourth-order valence-corrected chi connectivity index (χ4v) is 3.33. The van der Waals surface area contributed by atoms with Gasteiger partial charge in [0.1, 0.15) is 5.82 Å². The Morgan fingerprint density at radius 1 is 1.45 bits per heavy atom. The molecule has 0 saturated carbocycles. The van der Waals surface area contributed by atoms with Gasteiger partial charge in [0.2, 0.25) is 5.91 Å². The molecule has 1 N–H and O–H groups in total. The molecule has 22 heavy (non-hydrogen) atoms. The van der Waals surface area contributed by atoms with Crippen molar-refractivity contribution in [1.82, 2.24) is 19.9 Å². The molecule has 6 nitrogen and oxygen atoms in total. The summed E-state index contributed by atoms with van der Waals surface area (Å²) in [5.41, 5.74) is 1.08. The highest BCUT2D eigenvalue weighted by Crippen LogP contribution is 2.25. The molecule has 1 amide bonds. The average molecular weight is 317 g/mol. The minimum atomic E-state index is -0.00512. The van der Waals surface area contributed by atoms with Crippen molar-refractivity contribution in [3.8, 4) is 0 Å². The van der Waals surface area contributed by atoms with E-state index in [1.807, 2.05) is 24.6 Å². The van der Waals surface area contributed by atoms with Crippen molar-refractivity contribution in [2.45, 2.75) is 25.7 Å². The van der Waals surface area contributed by atoms with Crippen molar-refractivity contribution < 1.29 is 4.79 Å². The van der Waals surface area contributed by atoms with Crippen molar-refractivity contribution in [2.75, 3.05) is 25.0 Å². The van der Waals surface area contributed by atoms with Gasteiger partial charge in [0, 0.05) is 35.9 Å². The van der Waals surface area contributed by atoms with Crippen LogP contribution >= 0.6 is 11.3 Å². The van der Waals surface area contributed by atoms with Gasteiger partial charge in [-0.25, -0.2) is 15.0 Å². The Labute approximate surface area is 133 Å². The minimum absolute atomic E-state index is 0.00512. The Balaban J connectivity index is 1.57. The first-order chi connectivity index (χ1) is 10.7. The van der Waals surface area contributed by atoms with Crippen molar-refractivity contribution in [3.05, 3.63) is 35.4 Å². The average Bonchev–Trinajstić information content (AvgIpc) is 3.00. The number of likely N-dealkylation sites (tertiary alicyclic amines) is 1. The fourth-order valence-electron chi connectivity index (χ4n) is 2.79. The smallest absolute Gasteiger partial charge is 0.240 e. The van der Waals surface area contributed by atoms with E-state index in [2.05, 4.69) is 25.2 Å². The molecule has 3 rings (SSSR count). The molecule has 2 aromatic rings. The predicted molar refractivity (Wildman–Crippen MR) is 85.9 cm³/mol. The number of rotatable bonds is 4. The van der Waals surface area contributed by atoms with Crippen LogP contribution in [0.1, 0.15) is 30.3 Å². The maximum atomic E-state index is 12.1. The van der Waals surface area contributed by atoms with E-state index in [-0.39, 0.29) is 5.91 Å². The summed E-state index contributed by atoms with van der Waals surface area (Å²) in [6.45, 7) is 4.12. The Morgan fingerprint density at radius 2 is 2.36 bits per heavy atom. The van der Waals surface area contributed by atoms with Gasteiger partial charge in [-0.3, -0.25) is 9.69 Å². The lowest BCUT2D eigenvalue weighted by Crippen LogP contribution is -2.40. The number of thiazole rings is 1. The van der Waals surface area contributed by atoms with Gasteiger partial charge in [-0.15, -0.1) is 11.3 Å². The molecule has 3 heterocycles. The number of nitrogens with zero attached hydrogens (tertiary/aromatic N) is 4. The van der Waals surface area contributed by atoms with Crippen LogP contribution in [0.3, 0.4) is 0 Å². The molecular formula is C15H19N5OS. The Hall–Kier alpha value is -1.86. The normalized spacial score (nSPS) is 19.0. The van der Waals surface area contributed by atoms with Gasteiger partial charge in [0.25, 0.3) is 0 Å². The van der Waals surface area contributed by atoms with E-state index in [0.29, 0.717) is 17.6 Å². The number of carbonyl (C=O) groups is 1. The molecule has 0 aliphatic carbocycles. The zero-order chi connectivity index (χ0) is 15.4. The van der Waals surface area contributed by atoms with Crippen LogP contribution in [0.2, 0.25) is 0 Å². The molecule has 1 unspecified atom stereocenters. The van der Waals surface area contributed by atoms with Gasteiger partial charge in [-0.05, 0) is 32.4 Å². The van der Waals surface area contributed by atoms with Gasteiger partial charge >= 0.3 is 0 Å². The second kappa shape index (κ2) is 6.93. The first kappa shape index (κ1) is 15.1. The van der Waals surface area contributed by atoms with E-state index in [4.69, 9.17) is 0 Å². The second-order valence-electron chi connectivity index (χ2n) is 5.49. The molecule has 0 radical (unpaired) electrons. The summed E-state index contributed by atoms with van der Waals surface area (Å²) in [6, 6.07) is 1.98. The van der Waals surface area contributed by atoms with Gasteiger partial charge in [0.15, 0.2) is 5.13 Å². The number of aromatic nitrogens is 3. The summed E-state index contributed by atoms with van der Waals surface area (Å²) in [7, 11) is 0. The zero-order valence-corrected chi connectivity index (χ0v) is 13.3. The lowest BCUT2D eigenvalue weighted by atomic mass is 9.94. The van der Waals surface area contributed by atoms with E-state index in [9.17, 15) is 4.79 Å². The molecule has 2 aromatic heterocycles.